The summed E-state index contributed by atoms with van der Waals surface area (Å²) < 4.78 is 5.57. The molecule has 1 heterocycles. The van der Waals surface area contributed by atoms with Gasteiger partial charge in [-0.3, -0.25) is 19.3 Å². The Hall–Kier alpha value is -4.07. The Labute approximate surface area is 229 Å². The number of aryl methyl sites for hydroxylation is 1. The van der Waals surface area contributed by atoms with Gasteiger partial charge in [0.2, 0.25) is 0 Å². The number of halogens is 1. The van der Waals surface area contributed by atoms with Gasteiger partial charge in [-0.1, -0.05) is 66.2 Å². The van der Waals surface area contributed by atoms with E-state index in [1.807, 2.05) is 55.5 Å². The van der Waals surface area contributed by atoms with Crippen molar-refractivity contribution >= 4 is 63.0 Å². The zero-order chi connectivity index (χ0) is 26.6. The van der Waals surface area contributed by atoms with Crippen LogP contribution in [-0.4, -0.2) is 28.6 Å². The van der Waals surface area contributed by atoms with Gasteiger partial charge < -0.3 is 10.1 Å². The molecule has 8 heteroatoms. The van der Waals surface area contributed by atoms with Crippen molar-refractivity contribution in [2.75, 3.05) is 11.9 Å². The van der Waals surface area contributed by atoms with Gasteiger partial charge in [0, 0.05) is 10.7 Å². The second-order valence-corrected chi connectivity index (χ2v) is 10.2. The number of nitrogens with one attached hydrogen (secondary N) is 1. The van der Waals surface area contributed by atoms with Crippen LogP contribution in [0.4, 0.5) is 10.5 Å². The number of hydrogen-bond donors (Lipinski definition) is 1. The predicted molar refractivity (Wildman–Crippen MR) is 152 cm³/mol. The van der Waals surface area contributed by atoms with Crippen molar-refractivity contribution in [3.05, 3.63) is 112 Å². The largest absolute Gasteiger partial charge is 0.484 e. The number of carbonyl (C=O) groups is 3. The number of imide groups is 1. The minimum atomic E-state index is -0.318. The van der Waals surface area contributed by atoms with Crippen molar-refractivity contribution in [1.82, 2.24) is 4.90 Å². The molecule has 0 atom stereocenters. The summed E-state index contributed by atoms with van der Waals surface area (Å²) in [6.45, 7) is 1.94. The quantitative estimate of drug-likeness (QED) is 0.253. The number of hydrogen-bond acceptors (Lipinski definition) is 5. The molecule has 1 aliphatic heterocycles. The number of rotatable bonds is 7. The molecule has 0 radical (unpaired) electrons. The minimum absolute atomic E-state index is 0.168. The van der Waals surface area contributed by atoms with Crippen LogP contribution in [0, 0.1) is 6.92 Å². The summed E-state index contributed by atoms with van der Waals surface area (Å²) in [5.74, 6) is -0.126. The molecule has 0 saturated carbocycles. The molecule has 1 saturated heterocycles. The summed E-state index contributed by atoms with van der Waals surface area (Å²) in [4.78, 5) is 39.4. The lowest BCUT2D eigenvalue weighted by Gasteiger charge is -2.13. The molecule has 4 aromatic carbocycles. The molecule has 0 unspecified atom stereocenters. The first-order chi connectivity index (χ1) is 18.4. The lowest BCUT2D eigenvalue weighted by atomic mass is 10.1. The van der Waals surface area contributed by atoms with Crippen molar-refractivity contribution in [1.29, 1.82) is 0 Å². The Kier molecular flexibility index (Phi) is 7.49. The van der Waals surface area contributed by atoms with Crippen LogP contribution in [0.3, 0.4) is 0 Å². The van der Waals surface area contributed by atoms with Crippen LogP contribution < -0.4 is 10.1 Å². The Morgan fingerprint density at radius 2 is 1.74 bits per heavy atom. The summed E-state index contributed by atoms with van der Waals surface area (Å²) in [6.07, 6.45) is 1.68. The Morgan fingerprint density at radius 3 is 2.50 bits per heavy atom. The third-order valence-electron chi connectivity index (χ3n) is 6.03. The van der Waals surface area contributed by atoms with Crippen molar-refractivity contribution in [2.45, 2.75) is 13.5 Å². The smallest absolute Gasteiger partial charge is 0.293 e. The number of ether oxygens (including phenoxy) is 1. The van der Waals surface area contributed by atoms with E-state index in [2.05, 4.69) is 5.32 Å². The van der Waals surface area contributed by atoms with E-state index in [0.29, 0.717) is 21.4 Å². The number of amides is 3. The molecule has 4 aromatic rings. The monoisotopic (exact) mass is 542 g/mol. The van der Waals surface area contributed by atoms with Gasteiger partial charge in [-0.15, -0.1) is 0 Å². The zero-order valence-electron chi connectivity index (χ0n) is 20.4. The second-order valence-electron chi connectivity index (χ2n) is 8.82. The normalized spacial score (nSPS) is 14.4. The first-order valence-corrected chi connectivity index (χ1v) is 13.1. The van der Waals surface area contributed by atoms with E-state index in [4.69, 9.17) is 16.3 Å². The van der Waals surface area contributed by atoms with Crippen LogP contribution in [0.2, 0.25) is 5.02 Å². The van der Waals surface area contributed by atoms with Crippen molar-refractivity contribution in [2.24, 2.45) is 0 Å². The summed E-state index contributed by atoms with van der Waals surface area (Å²) >= 11 is 7.02. The third-order valence-corrected chi connectivity index (χ3v) is 7.35. The molecule has 190 valence electrons. The molecule has 6 nitrogen and oxygen atoms in total. The molecule has 0 aromatic heterocycles. The van der Waals surface area contributed by atoms with Crippen molar-refractivity contribution in [3.63, 3.8) is 0 Å². The first kappa shape index (κ1) is 25.6. The third kappa shape index (κ3) is 5.90. The van der Waals surface area contributed by atoms with Gasteiger partial charge in [0.25, 0.3) is 17.1 Å². The van der Waals surface area contributed by atoms with Crippen LogP contribution in [0.15, 0.2) is 89.8 Å². The Bertz CT molecular complexity index is 1580. The van der Waals surface area contributed by atoms with Crippen molar-refractivity contribution in [3.8, 4) is 5.75 Å². The van der Waals surface area contributed by atoms with E-state index in [9.17, 15) is 14.4 Å². The fraction of sp³-hybridized carbons (Fsp3) is 0.100. The maximum absolute atomic E-state index is 13.0. The Balaban J connectivity index is 1.18. The predicted octanol–water partition coefficient (Wildman–Crippen LogP) is 7.06. The van der Waals surface area contributed by atoms with Gasteiger partial charge >= 0.3 is 0 Å². The van der Waals surface area contributed by atoms with E-state index in [1.54, 1.807) is 42.5 Å². The number of fused-ring (bicyclic) bond motifs is 1. The summed E-state index contributed by atoms with van der Waals surface area (Å²) in [6, 6.07) is 26.1. The average molecular weight is 543 g/mol. The van der Waals surface area contributed by atoms with Crippen LogP contribution >= 0.6 is 23.4 Å². The molecule has 1 N–H and O–H groups in total. The summed E-state index contributed by atoms with van der Waals surface area (Å²) in [5.41, 5.74) is 3.16. The molecule has 3 amide bonds. The number of nitrogens with zero attached hydrogens (tertiary/aromatic N) is 1. The van der Waals surface area contributed by atoms with Crippen LogP contribution in [-0.2, 0) is 16.1 Å². The van der Waals surface area contributed by atoms with Gasteiger partial charge in [-0.2, -0.15) is 0 Å². The zero-order valence-corrected chi connectivity index (χ0v) is 22.0. The van der Waals surface area contributed by atoms with Gasteiger partial charge in [0.05, 0.1) is 11.4 Å². The van der Waals surface area contributed by atoms with Gasteiger partial charge in [-0.25, -0.2) is 0 Å². The number of anilines is 1. The van der Waals surface area contributed by atoms with Crippen LogP contribution in [0.25, 0.3) is 16.8 Å². The van der Waals surface area contributed by atoms with Crippen molar-refractivity contribution < 1.29 is 19.1 Å². The topological polar surface area (TPSA) is 75.7 Å². The molecule has 5 rings (SSSR count). The average Bonchev–Trinajstić information content (AvgIpc) is 3.17. The number of thioether (sulfide) groups is 1. The highest BCUT2D eigenvalue weighted by Gasteiger charge is 2.35. The Morgan fingerprint density at radius 1 is 0.974 bits per heavy atom. The molecule has 0 bridgehead atoms. The fourth-order valence-corrected chi connectivity index (χ4v) is 5.00. The molecule has 0 aliphatic carbocycles. The highest BCUT2D eigenvalue weighted by atomic mass is 35.5. The fourth-order valence-electron chi connectivity index (χ4n) is 3.98. The second kappa shape index (κ2) is 11.1. The van der Waals surface area contributed by atoms with Crippen LogP contribution in [0.1, 0.15) is 16.7 Å². The minimum Gasteiger partial charge on any atom is -0.484 e. The number of benzene rings is 4. The molecular formula is C30H23ClN2O4S. The van der Waals surface area contributed by atoms with E-state index in [0.717, 1.165) is 39.2 Å². The van der Waals surface area contributed by atoms with Gasteiger partial charge in [0.15, 0.2) is 6.61 Å². The molecule has 1 aliphatic rings. The summed E-state index contributed by atoms with van der Waals surface area (Å²) in [5, 5.41) is 5.19. The first-order valence-electron chi connectivity index (χ1n) is 11.9. The molecular weight excluding hydrogens is 520 g/mol. The SMILES string of the molecule is Cc1ccc(NC(=O)COc2ccc(/C=C3\SC(=O)N(Cc4ccc5ccccc5c4)C3=O)cc2)cc1Cl. The summed E-state index contributed by atoms with van der Waals surface area (Å²) in [7, 11) is 0. The maximum atomic E-state index is 13.0. The maximum Gasteiger partial charge on any atom is 0.293 e. The molecule has 1 fully saturated rings. The van der Waals surface area contributed by atoms with E-state index < -0.39 is 0 Å². The van der Waals surface area contributed by atoms with Gasteiger partial charge in [0.1, 0.15) is 5.75 Å². The lowest BCUT2D eigenvalue weighted by molar-refractivity contribution is -0.123. The molecule has 38 heavy (non-hydrogen) atoms. The highest BCUT2D eigenvalue weighted by Crippen LogP contribution is 2.34. The molecule has 0 spiro atoms. The lowest BCUT2D eigenvalue weighted by Crippen LogP contribution is -2.27. The van der Waals surface area contributed by atoms with E-state index in [1.165, 1.54) is 4.90 Å². The highest BCUT2D eigenvalue weighted by molar-refractivity contribution is 8.18. The number of carbonyl (C=O) groups excluding carboxylic acids is 3. The van der Waals surface area contributed by atoms with Gasteiger partial charge in [-0.05, 0) is 82.6 Å². The van der Waals surface area contributed by atoms with Crippen LogP contribution in [0.5, 0.6) is 5.75 Å². The van der Waals surface area contributed by atoms with E-state index in [-0.39, 0.29) is 30.2 Å². The standard InChI is InChI=1S/C30H23ClN2O4S/c1-19-6-11-24(16-26(19)31)32-28(34)18-37-25-12-8-20(9-13-25)15-27-29(35)33(30(36)38-27)17-21-7-10-22-4-2-3-5-23(22)14-21/h2-16H,17-18H2,1H3,(H,32,34)/b27-15-. The van der Waals surface area contributed by atoms with E-state index >= 15 is 0 Å².